The van der Waals surface area contributed by atoms with E-state index in [0.29, 0.717) is 16.0 Å². The third kappa shape index (κ3) is 3.39. The van der Waals surface area contributed by atoms with E-state index in [1.165, 1.54) is 11.3 Å². The Balaban J connectivity index is 1.90. The average molecular weight is 423 g/mol. The van der Waals surface area contributed by atoms with Crippen molar-refractivity contribution in [3.05, 3.63) is 57.3 Å². The number of ether oxygens (including phenoxy) is 2. The van der Waals surface area contributed by atoms with Crippen molar-refractivity contribution < 1.29 is 14.3 Å². The maximum absolute atomic E-state index is 12.5. The zero-order valence-electron chi connectivity index (χ0n) is 16.8. The van der Waals surface area contributed by atoms with Crippen molar-refractivity contribution in [1.82, 2.24) is 9.97 Å². The number of amides is 1. The van der Waals surface area contributed by atoms with E-state index in [2.05, 4.69) is 9.97 Å². The van der Waals surface area contributed by atoms with Gasteiger partial charge in [0, 0.05) is 16.9 Å². The number of aromatic nitrogens is 2. The molecule has 0 bridgehead atoms. The molecule has 2 aromatic heterocycles. The molecule has 0 fully saturated rings. The number of carbonyl (C=O) groups excluding carboxylic acids is 1. The van der Waals surface area contributed by atoms with Gasteiger partial charge < -0.3 is 20.2 Å². The monoisotopic (exact) mass is 423 g/mol. The Kier molecular flexibility index (Phi) is 5.17. The second-order valence-corrected chi connectivity index (χ2v) is 8.01. The SMILES string of the molecule is COc1cc(C)c2[nH]c(=O)c3scnc3c2c1-c1ccc([C@@H](C)COC(N)=O)cc1. The molecule has 7 nitrogen and oxygen atoms in total. The van der Waals surface area contributed by atoms with Gasteiger partial charge in [0.05, 0.1) is 30.3 Å². The Hall–Kier alpha value is -3.39. The van der Waals surface area contributed by atoms with Gasteiger partial charge in [-0.15, -0.1) is 11.3 Å². The van der Waals surface area contributed by atoms with Gasteiger partial charge in [0.2, 0.25) is 0 Å². The van der Waals surface area contributed by atoms with Crippen LogP contribution in [-0.4, -0.2) is 29.8 Å². The summed E-state index contributed by atoms with van der Waals surface area (Å²) in [4.78, 5) is 30.8. The molecule has 0 unspecified atom stereocenters. The average Bonchev–Trinajstić information content (AvgIpc) is 3.23. The highest BCUT2D eigenvalue weighted by molar-refractivity contribution is 7.16. The Morgan fingerprint density at radius 1 is 1.30 bits per heavy atom. The number of thiazole rings is 1. The van der Waals surface area contributed by atoms with Crippen LogP contribution in [0.4, 0.5) is 4.79 Å². The molecule has 4 aromatic rings. The number of aryl methyl sites for hydroxylation is 1. The van der Waals surface area contributed by atoms with Crippen LogP contribution >= 0.6 is 11.3 Å². The summed E-state index contributed by atoms with van der Waals surface area (Å²) in [6.07, 6.45) is -0.782. The van der Waals surface area contributed by atoms with E-state index in [4.69, 9.17) is 15.2 Å². The molecule has 1 atom stereocenters. The standard InChI is InChI=1S/C22H21N3O4S/c1-11-8-15(28-3)16(17-18(11)25-21(26)20-19(17)24-10-30-20)14-6-4-13(5-7-14)12(2)9-29-22(23)27/h4-8,10,12H,9H2,1-3H3,(H2,23,27)(H,25,26)/t12-/m0/s1. The molecule has 0 aliphatic rings. The van der Waals surface area contributed by atoms with Gasteiger partial charge in [-0.05, 0) is 29.7 Å². The Labute approximate surface area is 176 Å². The number of methoxy groups -OCH3 is 1. The number of rotatable bonds is 5. The van der Waals surface area contributed by atoms with E-state index in [1.54, 1.807) is 12.6 Å². The fourth-order valence-electron chi connectivity index (χ4n) is 3.67. The van der Waals surface area contributed by atoms with E-state index < -0.39 is 6.09 Å². The van der Waals surface area contributed by atoms with E-state index in [0.717, 1.165) is 33.2 Å². The first kappa shape index (κ1) is 19.9. The van der Waals surface area contributed by atoms with Gasteiger partial charge in [-0.2, -0.15) is 0 Å². The molecule has 8 heteroatoms. The van der Waals surface area contributed by atoms with Crippen molar-refractivity contribution in [2.24, 2.45) is 5.73 Å². The Morgan fingerprint density at radius 2 is 2.03 bits per heavy atom. The Bertz CT molecular complexity index is 1310. The summed E-state index contributed by atoms with van der Waals surface area (Å²) in [6.45, 7) is 4.11. The Morgan fingerprint density at radius 3 is 2.70 bits per heavy atom. The van der Waals surface area contributed by atoms with Crippen LogP contribution in [0.1, 0.15) is 24.0 Å². The molecule has 0 saturated carbocycles. The molecule has 4 rings (SSSR count). The molecule has 0 aliphatic heterocycles. The van der Waals surface area contributed by atoms with Crippen molar-refractivity contribution in [1.29, 1.82) is 0 Å². The molecule has 1 amide bonds. The lowest BCUT2D eigenvalue weighted by atomic mass is 9.93. The zero-order chi connectivity index (χ0) is 21.4. The number of pyridine rings is 1. The van der Waals surface area contributed by atoms with Crippen molar-refractivity contribution in [2.45, 2.75) is 19.8 Å². The molecule has 2 aromatic carbocycles. The number of fused-ring (bicyclic) bond motifs is 3. The van der Waals surface area contributed by atoms with Crippen LogP contribution in [0, 0.1) is 6.92 Å². The van der Waals surface area contributed by atoms with Gasteiger partial charge in [-0.3, -0.25) is 4.79 Å². The van der Waals surface area contributed by atoms with Crippen molar-refractivity contribution >= 4 is 38.5 Å². The number of nitrogens with zero attached hydrogens (tertiary/aromatic N) is 1. The van der Waals surface area contributed by atoms with Gasteiger partial charge >= 0.3 is 6.09 Å². The predicted molar refractivity (Wildman–Crippen MR) is 118 cm³/mol. The van der Waals surface area contributed by atoms with Crippen molar-refractivity contribution in [2.75, 3.05) is 13.7 Å². The van der Waals surface area contributed by atoms with Crippen LogP contribution in [-0.2, 0) is 4.74 Å². The van der Waals surface area contributed by atoms with E-state index in [9.17, 15) is 9.59 Å². The van der Waals surface area contributed by atoms with Gasteiger partial charge in [-0.25, -0.2) is 9.78 Å². The van der Waals surface area contributed by atoms with E-state index in [1.807, 2.05) is 44.2 Å². The molecule has 30 heavy (non-hydrogen) atoms. The molecule has 154 valence electrons. The van der Waals surface area contributed by atoms with Crippen LogP contribution in [0.5, 0.6) is 5.75 Å². The second kappa shape index (κ2) is 7.79. The molecule has 2 heterocycles. The van der Waals surface area contributed by atoms with Gasteiger partial charge in [-0.1, -0.05) is 31.2 Å². The number of benzene rings is 2. The van der Waals surface area contributed by atoms with Crippen LogP contribution < -0.4 is 16.0 Å². The number of hydrogen-bond acceptors (Lipinski definition) is 6. The highest BCUT2D eigenvalue weighted by atomic mass is 32.1. The number of primary amides is 1. The van der Waals surface area contributed by atoms with Gasteiger partial charge in [0.1, 0.15) is 10.4 Å². The summed E-state index contributed by atoms with van der Waals surface area (Å²) in [6, 6.07) is 9.87. The highest BCUT2D eigenvalue weighted by Gasteiger charge is 2.19. The first-order valence-electron chi connectivity index (χ1n) is 9.40. The lowest BCUT2D eigenvalue weighted by Gasteiger charge is -2.16. The lowest BCUT2D eigenvalue weighted by Crippen LogP contribution is -2.16. The largest absolute Gasteiger partial charge is 0.496 e. The van der Waals surface area contributed by atoms with Gasteiger partial charge in [0.15, 0.2) is 0 Å². The van der Waals surface area contributed by atoms with Crippen molar-refractivity contribution in [3.63, 3.8) is 0 Å². The molecule has 0 spiro atoms. The van der Waals surface area contributed by atoms with Crippen molar-refractivity contribution in [3.8, 4) is 16.9 Å². The minimum atomic E-state index is -0.782. The number of nitrogens with two attached hydrogens (primary N) is 1. The van der Waals surface area contributed by atoms with Crippen LogP contribution in [0.2, 0.25) is 0 Å². The third-order valence-corrected chi connectivity index (χ3v) is 6.03. The summed E-state index contributed by atoms with van der Waals surface area (Å²) in [5, 5.41) is 0.862. The summed E-state index contributed by atoms with van der Waals surface area (Å²) in [5.41, 5.74) is 11.8. The molecular weight excluding hydrogens is 402 g/mol. The summed E-state index contributed by atoms with van der Waals surface area (Å²) in [5.74, 6) is 0.712. The second-order valence-electron chi connectivity index (χ2n) is 7.16. The maximum Gasteiger partial charge on any atom is 0.404 e. The zero-order valence-corrected chi connectivity index (χ0v) is 17.6. The molecule has 0 aliphatic carbocycles. The van der Waals surface area contributed by atoms with Crippen LogP contribution in [0.3, 0.4) is 0 Å². The summed E-state index contributed by atoms with van der Waals surface area (Å²) >= 11 is 1.32. The predicted octanol–water partition coefficient (Wildman–Crippen LogP) is 4.32. The number of aromatic amines is 1. The molecule has 3 N–H and O–H groups in total. The smallest absolute Gasteiger partial charge is 0.404 e. The first-order chi connectivity index (χ1) is 14.4. The van der Waals surface area contributed by atoms with E-state index in [-0.39, 0.29) is 18.1 Å². The molecule has 0 radical (unpaired) electrons. The molecular formula is C22H21N3O4S. The summed E-state index contributed by atoms with van der Waals surface area (Å²) < 4.78 is 11.2. The number of nitrogens with one attached hydrogen (secondary N) is 1. The topological polar surface area (TPSA) is 107 Å². The van der Waals surface area contributed by atoms with Crippen LogP contribution in [0.15, 0.2) is 40.6 Å². The number of H-pyrrole nitrogens is 1. The maximum atomic E-state index is 12.5. The first-order valence-corrected chi connectivity index (χ1v) is 10.3. The van der Waals surface area contributed by atoms with E-state index >= 15 is 0 Å². The minimum Gasteiger partial charge on any atom is -0.496 e. The number of hydrogen-bond donors (Lipinski definition) is 2. The lowest BCUT2D eigenvalue weighted by molar-refractivity contribution is 0.151. The normalized spacial score (nSPS) is 12.2. The minimum absolute atomic E-state index is 0.00445. The fourth-order valence-corrected chi connectivity index (χ4v) is 4.36. The highest BCUT2D eigenvalue weighted by Crippen LogP contribution is 2.41. The molecule has 0 saturated heterocycles. The summed E-state index contributed by atoms with van der Waals surface area (Å²) in [7, 11) is 1.63. The third-order valence-electron chi connectivity index (χ3n) is 5.20. The van der Waals surface area contributed by atoms with Gasteiger partial charge in [0.25, 0.3) is 5.56 Å². The fraction of sp³-hybridized carbons (Fsp3) is 0.227. The number of carbonyl (C=O) groups is 1. The quantitative estimate of drug-likeness (QED) is 0.497. The van der Waals surface area contributed by atoms with Crippen LogP contribution in [0.25, 0.3) is 32.2 Å².